The first-order valence-corrected chi connectivity index (χ1v) is 8.97. The largest absolute Gasteiger partial charge is 0.383 e. The van der Waals surface area contributed by atoms with Crippen LogP contribution in [0.4, 0.5) is 0 Å². The summed E-state index contributed by atoms with van der Waals surface area (Å²) in [7, 11) is 2.90. The van der Waals surface area contributed by atoms with Crippen LogP contribution in [0.1, 0.15) is 42.9 Å². The second-order valence-electron chi connectivity index (χ2n) is 4.60. The Balaban J connectivity index is 3.10. The van der Waals surface area contributed by atoms with Crippen LogP contribution in [0.25, 0.3) is 0 Å². The first kappa shape index (κ1) is 17.9. The Kier molecular flexibility index (Phi) is 6.63. The number of halogens is 1. The van der Waals surface area contributed by atoms with Gasteiger partial charge in [0, 0.05) is 17.8 Å². The van der Waals surface area contributed by atoms with Crippen LogP contribution in [0, 0.1) is 0 Å². The summed E-state index contributed by atoms with van der Waals surface area (Å²) in [6.45, 7) is 4.10. The van der Waals surface area contributed by atoms with E-state index in [9.17, 15) is 13.2 Å². The van der Waals surface area contributed by atoms with Gasteiger partial charge in [-0.1, -0.05) is 20.3 Å². The quantitative estimate of drug-likeness (QED) is 0.699. The van der Waals surface area contributed by atoms with Gasteiger partial charge in [0.25, 0.3) is 15.0 Å². The van der Waals surface area contributed by atoms with Crippen molar-refractivity contribution in [1.82, 2.24) is 15.5 Å². The molecule has 1 aromatic rings. The summed E-state index contributed by atoms with van der Waals surface area (Å²) in [6, 6.07) is -0.222. The van der Waals surface area contributed by atoms with Gasteiger partial charge < -0.3 is 10.1 Å². The van der Waals surface area contributed by atoms with Crippen molar-refractivity contribution in [2.45, 2.75) is 44.0 Å². The topological polar surface area (TPSA) is 101 Å². The monoisotopic (exact) mass is 337 g/mol. The number of rotatable bonds is 8. The predicted octanol–water partition coefficient (Wildman–Crippen LogP) is 1.44. The van der Waals surface area contributed by atoms with Crippen LogP contribution in [0.15, 0.2) is 4.90 Å². The van der Waals surface area contributed by atoms with E-state index in [2.05, 4.69) is 15.5 Å². The van der Waals surface area contributed by atoms with Crippen molar-refractivity contribution in [2.24, 2.45) is 0 Å². The van der Waals surface area contributed by atoms with Crippen LogP contribution >= 0.6 is 10.7 Å². The highest BCUT2D eigenvalue weighted by Gasteiger charge is 2.28. The van der Waals surface area contributed by atoms with E-state index in [0.717, 1.165) is 0 Å². The normalized spacial score (nSPS) is 13.1. The molecule has 1 unspecified atom stereocenters. The number of aryl methyl sites for hydroxylation is 1. The van der Waals surface area contributed by atoms with Gasteiger partial charge in [-0.2, -0.15) is 5.10 Å². The highest BCUT2D eigenvalue weighted by molar-refractivity contribution is 8.13. The number of nitrogens with zero attached hydrogens (tertiary/aromatic N) is 1. The van der Waals surface area contributed by atoms with Crippen molar-refractivity contribution in [2.75, 3.05) is 13.7 Å². The van der Waals surface area contributed by atoms with E-state index in [1.165, 1.54) is 7.11 Å². The molecule has 1 amide bonds. The van der Waals surface area contributed by atoms with Gasteiger partial charge in [0.2, 0.25) is 0 Å². The van der Waals surface area contributed by atoms with Gasteiger partial charge in [-0.3, -0.25) is 9.89 Å². The van der Waals surface area contributed by atoms with Crippen LogP contribution in [0.3, 0.4) is 0 Å². The van der Waals surface area contributed by atoms with Crippen LogP contribution in [0.5, 0.6) is 0 Å². The van der Waals surface area contributed by atoms with E-state index in [-0.39, 0.29) is 16.6 Å². The molecule has 9 heteroatoms. The summed E-state index contributed by atoms with van der Waals surface area (Å²) in [5.74, 6) is -0.586. The zero-order valence-corrected chi connectivity index (χ0v) is 13.8. The van der Waals surface area contributed by atoms with Gasteiger partial charge >= 0.3 is 0 Å². The van der Waals surface area contributed by atoms with Crippen molar-refractivity contribution in [3.63, 3.8) is 0 Å². The number of aromatic nitrogens is 2. The molecule has 0 aliphatic rings. The number of hydrogen-bond donors (Lipinski definition) is 2. The zero-order valence-electron chi connectivity index (χ0n) is 12.3. The Bertz CT molecular complexity index is 585. The fourth-order valence-electron chi connectivity index (χ4n) is 1.92. The van der Waals surface area contributed by atoms with Crippen LogP contribution in [0.2, 0.25) is 0 Å². The summed E-state index contributed by atoms with van der Waals surface area (Å²) >= 11 is 0. The van der Waals surface area contributed by atoms with Gasteiger partial charge in [-0.25, -0.2) is 8.42 Å². The predicted molar refractivity (Wildman–Crippen MR) is 79.0 cm³/mol. The molecule has 0 spiro atoms. The molecule has 0 saturated carbocycles. The molecule has 0 radical (unpaired) electrons. The lowest BCUT2D eigenvalue weighted by Gasteiger charge is -2.15. The molecule has 0 bridgehead atoms. The highest BCUT2D eigenvalue weighted by atomic mass is 35.7. The number of methoxy groups -OCH3 is 1. The minimum absolute atomic E-state index is 0.206. The second-order valence-corrected chi connectivity index (χ2v) is 7.10. The summed E-state index contributed by atoms with van der Waals surface area (Å²) in [6.07, 6.45) is 1.79. The fourth-order valence-corrected chi connectivity index (χ4v) is 3.23. The van der Waals surface area contributed by atoms with Crippen molar-refractivity contribution in [3.05, 3.63) is 11.4 Å². The smallest absolute Gasteiger partial charge is 0.273 e. The number of aromatic amines is 1. The lowest BCUT2D eigenvalue weighted by molar-refractivity contribution is 0.0886. The van der Waals surface area contributed by atoms with Crippen molar-refractivity contribution in [1.29, 1.82) is 0 Å². The first-order chi connectivity index (χ1) is 9.85. The number of carbonyl (C=O) groups is 1. The lowest BCUT2D eigenvalue weighted by Crippen LogP contribution is -2.38. The molecule has 120 valence electrons. The molecule has 7 nitrogen and oxygen atoms in total. The van der Waals surface area contributed by atoms with Crippen LogP contribution in [-0.2, 0) is 20.2 Å². The Morgan fingerprint density at radius 2 is 2.14 bits per heavy atom. The molecule has 0 saturated heterocycles. The molecule has 0 aliphatic heterocycles. The van der Waals surface area contributed by atoms with Crippen LogP contribution < -0.4 is 5.32 Å². The second kappa shape index (κ2) is 7.77. The Morgan fingerprint density at radius 3 is 2.62 bits per heavy atom. The van der Waals surface area contributed by atoms with Crippen molar-refractivity contribution < 1.29 is 17.9 Å². The molecule has 1 heterocycles. The third kappa shape index (κ3) is 4.69. The van der Waals surface area contributed by atoms with Crippen LogP contribution in [-0.4, -0.2) is 44.3 Å². The first-order valence-electron chi connectivity index (χ1n) is 6.66. The molecule has 21 heavy (non-hydrogen) atoms. The van der Waals surface area contributed by atoms with E-state index >= 15 is 0 Å². The summed E-state index contributed by atoms with van der Waals surface area (Å²) in [5.41, 5.74) is 0.139. The van der Waals surface area contributed by atoms with E-state index in [1.807, 2.05) is 13.8 Å². The Labute approximate surface area is 128 Å². The number of carbonyl (C=O) groups excluding carboxylic acids is 1. The van der Waals surface area contributed by atoms with Gasteiger partial charge in [0.1, 0.15) is 4.90 Å². The SMILES string of the molecule is CCCc1[nH]nc(C(=O)NC(CC)COC)c1S(=O)(=O)Cl. The minimum Gasteiger partial charge on any atom is -0.383 e. The van der Waals surface area contributed by atoms with E-state index in [1.54, 1.807) is 0 Å². The molecular formula is C12H20ClN3O4S. The van der Waals surface area contributed by atoms with Gasteiger partial charge in [0.15, 0.2) is 5.69 Å². The van der Waals surface area contributed by atoms with Crippen molar-refractivity contribution >= 4 is 25.6 Å². The fraction of sp³-hybridized carbons (Fsp3) is 0.667. The number of hydrogen-bond acceptors (Lipinski definition) is 5. The van der Waals surface area contributed by atoms with Crippen molar-refractivity contribution in [3.8, 4) is 0 Å². The lowest BCUT2D eigenvalue weighted by atomic mass is 10.2. The van der Waals surface area contributed by atoms with E-state index in [0.29, 0.717) is 31.6 Å². The molecule has 0 fully saturated rings. The average molecular weight is 338 g/mol. The van der Waals surface area contributed by atoms with E-state index in [4.69, 9.17) is 15.4 Å². The standard InChI is InChI=1S/C12H20ClN3O4S/c1-4-6-9-11(21(13,18)19)10(16-15-9)12(17)14-8(5-2)7-20-3/h8H,4-7H2,1-3H3,(H,14,17)(H,15,16). The minimum atomic E-state index is -4.06. The highest BCUT2D eigenvalue weighted by Crippen LogP contribution is 2.23. The maximum atomic E-state index is 12.2. The van der Waals surface area contributed by atoms with E-state index < -0.39 is 15.0 Å². The Hall–Kier alpha value is -1.12. The van der Waals surface area contributed by atoms with Gasteiger partial charge in [0.05, 0.1) is 18.3 Å². The number of amides is 1. The summed E-state index contributed by atoms with van der Waals surface area (Å²) < 4.78 is 28.4. The van der Waals surface area contributed by atoms with Gasteiger partial charge in [-0.15, -0.1) is 0 Å². The molecule has 1 aromatic heterocycles. The number of ether oxygens (including phenoxy) is 1. The number of nitrogens with one attached hydrogen (secondary N) is 2. The van der Waals surface area contributed by atoms with Gasteiger partial charge in [-0.05, 0) is 12.8 Å². The Morgan fingerprint density at radius 1 is 1.48 bits per heavy atom. The third-order valence-electron chi connectivity index (χ3n) is 2.95. The summed E-state index contributed by atoms with van der Waals surface area (Å²) in [5, 5.41) is 9.07. The molecule has 0 aromatic carbocycles. The average Bonchev–Trinajstić information content (AvgIpc) is 2.82. The maximum absolute atomic E-state index is 12.2. The molecule has 1 rings (SSSR count). The number of H-pyrrole nitrogens is 1. The molecule has 0 aliphatic carbocycles. The molecular weight excluding hydrogens is 318 g/mol. The third-order valence-corrected chi connectivity index (χ3v) is 4.34. The molecule has 1 atom stereocenters. The zero-order chi connectivity index (χ0) is 16.0. The summed E-state index contributed by atoms with van der Waals surface area (Å²) in [4.78, 5) is 12.0. The molecule has 2 N–H and O–H groups in total. The maximum Gasteiger partial charge on any atom is 0.273 e.